The van der Waals surface area contributed by atoms with E-state index in [1.807, 2.05) is 6.92 Å². The fourth-order valence-corrected chi connectivity index (χ4v) is 2.63. The van der Waals surface area contributed by atoms with E-state index in [4.69, 9.17) is 9.15 Å². The molecule has 2 rings (SSSR count). The van der Waals surface area contributed by atoms with Crippen molar-refractivity contribution in [1.82, 2.24) is 5.32 Å². The third kappa shape index (κ3) is 4.43. The van der Waals surface area contributed by atoms with Crippen molar-refractivity contribution < 1.29 is 18.7 Å². The summed E-state index contributed by atoms with van der Waals surface area (Å²) in [6, 6.07) is 3.13. The molecular formula is C16H23NO4. The third-order valence-corrected chi connectivity index (χ3v) is 3.87. The maximum Gasteiger partial charge on any atom is 0.223 e. The van der Waals surface area contributed by atoms with Gasteiger partial charge in [-0.3, -0.25) is 9.59 Å². The normalized spacial score (nSPS) is 23.5. The van der Waals surface area contributed by atoms with Gasteiger partial charge in [0, 0.05) is 25.0 Å². The molecule has 116 valence electrons. The Morgan fingerprint density at radius 1 is 1.48 bits per heavy atom. The van der Waals surface area contributed by atoms with Gasteiger partial charge in [-0.25, -0.2) is 0 Å². The van der Waals surface area contributed by atoms with Crippen molar-refractivity contribution in [2.24, 2.45) is 5.92 Å². The summed E-state index contributed by atoms with van der Waals surface area (Å²) in [7, 11) is 0. The van der Waals surface area contributed by atoms with Crippen LogP contribution in [0.5, 0.6) is 0 Å². The number of hydrogen-bond donors (Lipinski definition) is 1. The lowest BCUT2D eigenvalue weighted by Crippen LogP contribution is -2.41. The van der Waals surface area contributed by atoms with Crippen LogP contribution in [0.25, 0.3) is 0 Å². The molecule has 1 aliphatic rings. The Labute approximate surface area is 125 Å². The minimum absolute atomic E-state index is 0.00938. The Hall–Kier alpha value is -1.62. The number of nitrogens with one attached hydrogen (secondary N) is 1. The summed E-state index contributed by atoms with van der Waals surface area (Å²) in [6.07, 6.45) is 4.34. The molecule has 1 saturated heterocycles. The zero-order valence-electron chi connectivity index (χ0n) is 12.6. The van der Waals surface area contributed by atoms with Gasteiger partial charge in [-0.2, -0.15) is 0 Å². The van der Waals surface area contributed by atoms with Gasteiger partial charge in [0.15, 0.2) is 11.5 Å². The molecule has 2 heterocycles. The maximum atomic E-state index is 12.2. The fraction of sp³-hybridized carbons (Fsp3) is 0.625. The summed E-state index contributed by atoms with van der Waals surface area (Å²) in [5.41, 5.74) is 0. The number of rotatable bonds is 6. The first-order valence-electron chi connectivity index (χ1n) is 7.58. The van der Waals surface area contributed by atoms with Gasteiger partial charge in [-0.15, -0.1) is 0 Å². The Balaban J connectivity index is 1.80. The number of carbonyl (C=O) groups excluding carboxylic acids is 2. The Bertz CT molecular complexity index is 469. The lowest BCUT2D eigenvalue weighted by molar-refractivity contribution is -0.130. The first-order valence-corrected chi connectivity index (χ1v) is 7.58. The predicted octanol–water partition coefficient (Wildman–Crippen LogP) is 2.56. The molecule has 1 amide bonds. The zero-order chi connectivity index (χ0) is 15.2. The van der Waals surface area contributed by atoms with Crippen LogP contribution in [0.4, 0.5) is 0 Å². The Morgan fingerprint density at radius 3 is 2.95 bits per heavy atom. The van der Waals surface area contributed by atoms with Crippen LogP contribution in [-0.2, 0) is 9.53 Å². The van der Waals surface area contributed by atoms with E-state index in [1.54, 1.807) is 12.1 Å². The van der Waals surface area contributed by atoms with Crippen LogP contribution < -0.4 is 5.32 Å². The lowest BCUT2D eigenvalue weighted by atomic mass is 9.93. The number of furan rings is 1. The van der Waals surface area contributed by atoms with Gasteiger partial charge in [0.2, 0.25) is 5.91 Å². The molecule has 1 aromatic rings. The molecule has 0 saturated carbocycles. The monoisotopic (exact) mass is 293 g/mol. The Kier molecular flexibility index (Phi) is 5.56. The molecule has 0 bridgehead atoms. The summed E-state index contributed by atoms with van der Waals surface area (Å²) in [5, 5.41) is 2.93. The standard InChI is InChI=1S/C16H23NO4/c1-3-13-10-12(6-8-20-13)16(19)17-11(2)9-14(18)15-5-4-7-21-15/h4-5,7,11-13H,3,6,8-10H2,1-2H3,(H,17,19)/t11-,12-,13-/m1/s1. The highest BCUT2D eigenvalue weighted by Crippen LogP contribution is 2.22. The number of amides is 1. The van der Waals surface area contributed by atoms with Crippen LogP contribution in [0.3, 0.4) is 0 Å². The number of carbonyl (C=O) groups is 2. The van der Waals surface area contributed by atoms with E-state index in [0.29, 0.717) is 12.4 Å². The second-order valence-corrected chi connectivity index (χ2v) is 5.64. The molecule has 0 radical (unpaired) electrons. The van der Waals surface area contributed by atoms with E-state index >= 15 is 0 Å². The highest BCUT2D eigenvalue weighted by molar-refractivity contribution is 5.94. The second-order valence-electron chi connectivity index (χ2n) is 5.64. The predicted molar refractivity (Wildman–Crippen MR) is 78.0 cm³/mol. The van der Waals surface area contributed by atoms with Gasteiger partial charge in [0.05, 0.1) is 12.4 Å². The van der Waals surface area contributed by atoms with Crippen molar-refractivity contribution in [1.29, 1.82) is 0 Å². The lowest BCUT2D eigenvalue weighted by Gasteiger charge is -2.29. The molecule has 3 atom stereocenters. The average Bonchev–Trinajstić information content (AvgIpc) is 3.01. The third-order valence-electron chi connectivity index (χ3n) is 3.87. The highest BCUT2D eigenvalue weighted by Gasteiger charge is 2.28. The van der Waals surface area contributed by atoms with E-state index in [-0.39, 0.29) is 36.2 Å². The molecule has 21 heavy (non-hydrogen) atoms. The molecule has 1 fully saturated rings. The summed E-state index contributed by atoms with van der Waals surface area (Å²) >= 11 is 0. The van der Waals surface area contributed by atoms with E-state index < -0.39 is 0 Å². The number of ether oxygens (including phenoxy) is 1. The first kappa shape index (κ1) is 15.8. The molecule has 0 spiro atoms. The van der Waals surface area contributed by atoms with E-state index in [9.17, 15) is 9.59 Å². The molecule has 5 heteroatoms. The molecule has 1 aromatic heterocycles. The van der Waals surface area contributed by atoms with Crippen LogP contribution in [0.15, 0.2) is 22.8 Å². The largest absolute Gasteiger partial charge is 0.461 e. The minimum atomic E-state index is -0.196. The van der Waals surface area contributed by atoms with Crippen molar-refractivity contribution >= 4 is 11.7 Å². The van der Waals surface area contributed by atoms with Crippen molar-refractivity contribution in [2.75, 3.05) is 6.61 Å². The van der Waals surface area contributed by atoms with Crippen molar-refractivity contribution in [3.05, 3.63) is 24.2 Å². The maximum absolute atomic E-state index is 12.2. The summed E-state index contributed by atoms with van der Waals surface area (Å²) in [5.74, 6) is 0.265. The minimum Gasteiger partial charge on any atom is -0.461 e. The van der Waals surface area contributed by atoms with Gasteiger partial charge in [0.1, 0.15) is 0 Å². The van der Waals surface area contributed by atoms with E-state index in [1.165, 1.54) is 6.26 Å². The molecule has 0 aliphatic carbocycles. The molecule has 0 aromatic carbocycles. The van der Waals surface area contributed by atoms with Crippen LogP contribution >= 0.6 is 0 Å². The van der Waals surface area contributed by atoms with Crippen molar-refractivity contribution in [2.45, 2.75) is 51.7 Å². The molecule has 0 unspecified atom stereocenters. The smallest absolute Gasteiger partial charge is 0.223 e. The zero-order valence-corrected chi connectivity index (χ0v) is 12.6. The quantitative estimate of drug-likeness (QED) is 0.818. The molecule has 1 N–H and O–H groups in total. The Morgan fingerprint density at radius 2 is 2.29 bits per heavy atom. The van der Waals surface area contributed by atoms with E-state index in [2.05, 4.69) is 12.2 Å². The van der Waals surface area contributed by atoms with Gasteiger partial charge in [-0.1, -0.05) is 6.92 Å². The highest BCUT2D eigenvalue weighted by atomic mass is 16.5. The van der Waals surface area contributed by atoms with Crippen molar-refractivity contribution in [3.8, 4) is 0 Å². The average molecular weight is 293 g/mol. The van der Waals surface area contributed by atoms with Crippen LogP contribution in [0.1, 0.15) is 50.1 Å². The van der Waals surface area contributed by atoms with E-state index in [0.717, 1.165) is 19.3 Å². The molecule has 1 aliphatic heterocycles. The molecule has 5 nitrogen and oxygen atoms in total. The summed E-state index contributed by atoms with van der Waals surface area (Å²) < 4.78 is 10.6. The number of hydrogen-bond acceptors (Lipinski definition) is 4. The fourth-order valence-electron chi connectivity index (χ4n) is 2.63. The van der Waals surface area contributed by atoms with Crippen LogP contribution in [0, 0.1) is 5.92 Å². The van der Waals surface area contributed by atoms with Gasteiger partial charge < -0.3 is 14.5 Å². The summed E-state index contributed by atoms with van der Waals surface area (Å²) in [4.78, 5) is 24.1. The van der Waals surface area contributed by atoms with Gasteiger partial charge in [-0.05, 0) is 38.3 Å². The van der Waals surface area contributed by atoms with Crippen molar-refractivity contribution in [3.63, 3.8) is 0 Å². The van der Waals surface area contributed by atoms with Crippen LogP contribution in [0.2, 0.25) is 0 Å². The topological polar surface area (TPSA) is 68.5 Å². The summed E-state index contributed by atoms with van der Waals surface area (Å²) in [6.45, 7) is 4.54. The first-order chi connectivity index (χ1) is 10.1. The van der Waals surface area contributed by atoms with Crippen LogP contribution in [-0.4, -0.2) is 30.4 Å². The molecular weight excluding hydrogens is 270 g/mol. The van der Waals surface area contributed by atoms with Gasteiger partial charge in [0.25, 0.3) is 0 Å². The number of ketones is 1. The number of Topliss-reactive ketones (excluding diaryl/α,β-unsaturated/α-hetero) is 1. The SMILES string of the molecule is CC[C@@H]1C[C@H](C(=O)N[C@H](C)CC(=O)c2ccco2)CCO1. The van der Waals surface area contributed by atoms with Gasteiger partial charge >= 0.3 is 0 Å². The second kappa shape index (κ2) is 7.41.